The first-order chi connectivity index (χ1) is 45.4. The van der Waals surface area contributed by atoms with Gasteiger partial charge in [0.05, 0.1) is 38.8 Å². The number of carboxylic acid groups (broad SMARTS) is 1. The van der Waals surface area contributed by atoms with Gasteiger partial charge in [0.25, 0.3) is 0 Å². The zero-order valence-corrected chi connectivity index (χ0v) is 54.0. The molecule has 1 rings (SSSR count). The van der Waals surface area contributed by atoms with Crippen molar-refractivity contribution in [2.24, 2.45) is 34.6 Å². The van der Waals surface area contributed by atoms with E-state index < -0.39 is 250 Å². The summed E-state index contributed by atoms with van der Waals surface area (Å²) in [5, 5.41) is 87.0. The Labute approximate surface area is 555 Å². The number of benzene rings is 1. The number of amides is 16. The number of aliphatic hydroxyl groups is 4. The summed E-state index contributed by atoms with van der Waals surface area (Å²) in [7, 11) is 0. The summed E-state index contributed by atoms with van der Waals surface area (Å²) >= 11 is 0. The van der Waals surface area contributed by atoms with Crippen LogP contribution in [0.3, 0.4) is 0 Å². The molecule has 0 saturated carbocycles. The molecule has 1 aromatic rings. The Morgan fingerprint density at radius 1 is 0.433 bits per heavy atom. The number of rotatable bonds is 46. The fraction of sp³-hybridized carbons (Fsp3) is 0.596. The van der Waals surface area contributed by atoms with Crippen molar-refractivity contribution in [1.29, 1.82) is 0 Å². The Morgan fingerprint density at radius 2 is 0.804 bits per heavy atom. The van der Waals surface area contributed by atoms with E-state index in [0.29, 0.717) is 6.42 Å². The van der Waals surface area contributed by atoms with Crippen LogP contribution in [0, 0.1) is 5.92 Å². The number of aliphatic carboxylic acids is 1. The molecular weight excluding hydrogens is 1290 g/mol. The molecule has 0 unspecified atom stereocenters. The number of primary amides is 4. The predicted octanol–water partition coefficient (Wildman–Crippen LogP) is -11.3. The van der Waals surface area contributed by atoms with Crippen LogP contribution in [0.1, 0.15) is 104 Å². The number of carboxylic acids is 1. The van der Waals surface area contributed by atoms with Gasteiger partial charge in [0.1, 0.15) is 78.3 Å². The molecule has 0 radical (unpaired) electrons. The van der Waals surface area contributed by atoms with Crippen LogP contribution in [0.5, 0.6) is 5.75 Å². The average molecular weight is 1380 g/mol. The highest BCUT2D eigenvalue weighted by molar-refractivity contribution is 6.01. The molecule has 40 heteroatoms. The minimum Gasteiger partial charge on any atom is -0.508 e. The van der Waals surface area contributed by atoms with Crippen molar-refractivity contribution < 1.29 is 112 Å². The number of hydrogen-bond acceptors (Lipinski definition) is 23. The SMILES string of the molecule is CC[C@H](C)[C@H](NC(=O)[C@H](CCCCN)NC(=O)[C@H](CC(N)=O)NC(=O)[C@H](C)NC(C)=O)C(=O)N[C@@H](CO)C(=O)N[C@@H](Cc1ccc(O)cc1)C(=O)N[C@@H](CCC(N)=O)C(=O)N[C@@H](CO)C(=O)N[C@@H](CC(N)=O)C(=O)N[C@@H](CO)C(=O)N[C@H](C(=O)N[C@@H](CCC(=O)O)C(N)=O)[C@@H](C)O. The fourth-order valence-corrected chi connectivity index (χ4v) is 8.79. The Bertz CT molecular complexity index is 2960. The molecule has 0 fully saturated rings. The van der Waals surface area contributed by atoms with E-state index in [9.17, 15) is 107 Å². The molecule has 0 spiro atoms. The van der Waals surface area contributed by atoms with Gasteiger partial charge in [0, 0.05) is 26.2 Å². The largest absolute Gasteiger partial charge is 0.508 e. The minimum atomic E-state index is -2.11. The number of unbranched alkanes of at least 4 members (excludes halogenated alkanes) is 1. The van der Waals surface area contributed by atoms with E-state index in [1.54, 1.807) is 6.92 Å². The lowest BCUT2D eigenvalue weighted by molar-refractivity contribution is -0.138. The summed E-state index contributed by atoms with van der Waals surface area (Å²) in [5.41, 5.74) is 27.2. The number of hydrogen-bond donors (Lipinski definition) is 23. The Hall–Kier alpha value is -10.2. The number of aliphatic hydroxyl groups excluding tert-OH is 4. The van der Waals surface area contributed by atoms with Crippen LogP contribution in [0.25, 0.3) is 0 Å². The molecule has 0 aliphatic heterocycles. The second-order valence-corrected chi connectivity index (χ2v) is 22.5. The van der Waals surface area contributed by atoms with E-state index in [1.807, 2.05) is 16.0 Å². The number of carbonyl (C=O) groups is 17. The maximum atomic E-state index is 14.4. The third-order valence-electron chi connectivity index (χ3n) is 14.4. The molecule has 0 saturated heterocycles. The first-order valence-corrected chi connectivity index (χ1v) is 30.4. The standard InChI is InChI=1S/C57H91N17O23/c1-6-25(2)44(73-49(89)32(9-7-8-18-58)65-51(91)35(20-41(60)82)67-47(87)26(3)63-28(5)79)56(96)72-38(23-76)54(94)68-34(19-29-10-12-30(80)13-11-29)50(90)66-33(14-16-40(59)81)48(88)70-37(22-75)53(93)69-36(21-42(61)83)52(92)71-39(24-77)55(95)74-45(27(4)78)57(97)64-31(46(62)86)15-17-43(84)85/h10-13,25-27,31-39,44-45,75-78,80H,6-9,14-24,58H2,1-5H3,(H2,59,81)(H2,60,82)(H2,61,83)(H2,62,86)(H,63,79)(H,64,97)(H,65,91)(H,66,90)(H,67,87)(H,68,94)(H,69,93)(H,70,88)(H,71,92)(H,72,96)(H,73,89)(H,74,95)(H,84,85)/t25-,26-,27+,31-,32-,33-,34-,35-,36-,37-,38-,39-,44-,45-/m0/s1. The highest BCUT2D eigenvalue weighted by Gasteiger charge is 2.38. The van der Waals surface area contributed by atoms with Gasteiger partial charge < -0.3 is 123 Å². The van der Waals surface area contributed by atoms with Crippen molar-refractivity contribution in [2.75, 3.05) is 26.4 Å². The van der Waals surface area contributed by atoms with Crippen molar-refractivity contribution in [1.82, 2.24) is 63.8 Å². The lowest BCUT2D eigenvalue weighted by Crippen LogP contribution is -2.62. The smallest absolute Gasteiger partial charge is 0.303 e. The average Bonchev–Trinajstić information content (AvgIpc) is 0.875. The van der Waals surface area contributed by atoms with E-state index in [1.165, 1.54) is 38.1 Å². The minimum absolute atomic E-state index is 0.109. The monoisotopic (exact) mass is 1380 g/mol. The molecule has 0 bridgehead atoms. The molecule has 0 aromatic heterocycles. The lowest BCUT2D eigenvalue weighted by Gasteiger charge is -2.29. The third kappa shape index (κ3) is 31.3. The van der Waals surface area contributed by atoms with Gasteiger partial charge in [-0.1, -0.05) is 32.4 Å². The quantitative estimate of drug-likeness (QED) is 0.0270. The highest BCUT2D eigenvalue weighted by Crippen LogP contribution is 2.15. The van der Waals surface area contributed by atoms with E-state index >= 15 is 0 Å². The first-order valence-electron chi connectivity index (χ1n) is 30.4. The van der Waals surface area contributed by atoms with Crippen molar-refractivity contribution in [2.45, 2.75) is 184 Å². The summed E-state index contributed by atoms with van der Waals surface area (Å²) < 4.78 is 0. The Morgan fingerprint density at radius 3 is 1.24 bits per heavy atom. The molecule has 14 atom stereocenters. The molecule has 28 N–H and O–H groups in total. The third-order valence-corrected chi connectivity index (χ3v) is 14.4. The number of carbonyl (C=O) groups excluding carboxylic acids is 16. The van der Waals surface area contributed by atoms with Crippen molar-refractivity contribution in [3.63, 3.8) is 0 Å². The van der Waals surface area contributed by atoms with Crippen molar-refractivity contribution in [3.8, 4) is 5.75 Å². The zero-order chi connectivity index (χ0) is 74.0. The number of phenols is 1. The summed E-state index contributed by atoms with van der Waals surface area (Å²) in [6, 6.07) is -16.2. The number of aromatic hydroxyl groups is 1. The molecule has 0 aliphatic rings. The van der Waals surface area contributed by atoms with Crippen molar-refractivity contribution in [3.05, 3.63) is 29.8 Å². The van der Waals surface area contributed by atoms with E-state index in [-0.39, 0.29) is 37.1 Å². The molecule has 97 heavy (non-hydrogen) atoms. The van der Waals surface area contributed by atoms with Crippen LogP contribution in [-0.4, -0.2) is 236 Å². The normalized spacial score (nSPS) is 15.3. The molecular formula is C57H91N17O23. The maximum absolute atomic E-state index is 14.4. The van der Waals surface area contributed by atoms with Gasteiger partial charge in [-0.15, -0.1) is 0 Å². The molecule has 0 heterocycles. The van der Waals surface area contributed by atoms with Gasteiger partial charge in [-0.3, -0.25) is 81.5 Å². The number of nitrogens with two attached hydrogens (primary N) is 5. The van der Waals surface area contributed by atoms with Crippen LogP contribution >= 0.6 is 0 Å². The van der Waals surface area contributed by atoms with Crippen molar-refractivity contribution >= 4 is 100 Å². The molecule has 40 nitrogen and oxygen atoms in total. The van der Waals surface area contributed by atoms with Gasteiger partial charge in [0.2, 0.25) is 94.5 Å². The Kier molecular flexibility index (Phi) is 37.6. The highest BCUT2D eigenvalue weighted by atomic mass is 16.4. The van der Waals surface area contributed by atoms with Crippen LogP contribution in [0.2, 0.25) is 0 Å². The summed E-state index contributed by atoms with van der Waals surface area (Å²) in [6.45, 7) is 3.01. The Balaban J connectivity index is 3.58. The van der Waals surface area contributed by atoms with Gasteiger partial charge in [-0.25, -0.2) is 0 Å². The van der Waals surface area contributed by atoms with Crippen LogP contribution in [0.4, 0.5) is 0 Å². The zero-order valence-electron chi connectivity index (χ0n) is 54.0. The molecule has 16 amide bonds. The maximum Gasteiger partial charge on any atom is 0.303 e. The fourth-order valence-electron chi connectivity index (χ4n) is 8.79. The topological polar surface area (TPSA) is 686 Å². The van der Waals surface area contributed by atoms with E-state index in [0.717, 1.165) is 13.8 Å². The van der Waals surface area contributed by atoms with Crippen LogP contribution in [0.15, 0.2) is 24.3 Å². The summed E-state index contributed by atoms with van der Waals surface area (Å²) in [5.74, 6) is -20.9. The first kappa shape index (κ1) is 84.8. The number of phenolic OH excluding ortho intramolecular Hbond substituents is 1. The van der Waals surface area contributed by atoms with E-state index in [2.05, 4.69) is 47.9 Å². The lowest BCUT2D eigenvalue weighted by atomic mass is 9.97. The van der Waals surface area contributed by atoms with E-state index in [4.69, 9.17) is 33.8 Å². The number of nitrogens with one attached hydrogen (secondary N) is 12. The molecule has 0 aliphatic carbocycles. The predicted molar refractivity (Wildman–Crippen MR) is 334 cm³/mol. The second kappa shape index (κ2) is 43.0. The van der Waals surface area contributed by atoms with Crippen LogP contribution in [-0.2, 0) is 87.9 Å². The summed E-state index contributed by atoms with van der Waals surface area (Å²) in [4.78, 5) is 222. The molecule has 1 aromatic carbocycles. The van der Waals surface area contributed by atoms with Crippen LogP contribution < -0.4 is 92.5 Å². The van der Waals surface area contributed by atoms with Gasteiger partial charge >= 0.3 is 5.97 Å². The van der Waals surface area contributed by atoms with Gasteiger partial charge in [0.15, 0.2) is 0 Å². The summed E-state index contributed by atoms with van der Waals surface area (Å²) in [6.07, 6.45) is -5.86. The molecule has 542 valence electrons. The second-order valence-electron chi connectivity index (χ2n) is 22.5. The van der Waals surface area contributed by atoms with Gasteiger partial charge in [-0.2, -0.15) is 0 Å². The van der Waals surface area contributed by atoms with Gasteiger partial charge in [-0.05, 0) is 76.1 Å².